The van der Waals surface area contributed by atoms with Crippen molar-refractivity contribution >= 4 is 23.8 Å². The number of hydrogen-bond acceptors (Lipinski definition) is 3. The molecule has 0 saturated heterocycles. The van der Waals surface area contributed by atoms with Crippen LogP contribution in [0.4, 0.5) is 0 Å². The first-order chi connectivity index (χ1) is 8.28. The molecule has 1 aromatic rings. The number of carbonyl (C=O) groups excluding carboxylic acids is 1. The van der Waals surface area contributed by atoms with Gasteiger partial charge in [-0.25, -0.2) is 4.79 Å². The second-order valence-electron chi connectivity index (χ2n) is 5.04. The molecule has 0 spiro atoms. The molecule has 0 unspecified atom stereocenters. The lowest BCUT2D eigenvalue weighted by Crippen LogP contribution is -2.29. The Balaban J connectivity index is 2.61. The summed E-state index contributed by atoms with van der Waals surface area (Å²) < 4.78 is 5.23. The fourth-order valence-electron chi connectivity index (χ4n) is 1.19. The maximum absolute atomic E-state index is 11.7. The van der Waals surface area contributed by atoms with Crippen molar-refractivity contribution in [3.8, 4) is 0 Å². The van der Waals surface area contributed by atoms with E-state index in [0.717, 1.165) is 5.56 Å². The van der Waals surface area contributed by atoms with Gasteiger partial charge >= 0.3 is 5.97 Å². The summed E-state index contributed by atoms with van der Waals surface area (Å²) >= 11 is 5.78. The van der Waals surface area contributed by atoms with Crippen LogP contribution in [0.15, 0.2) is 29.3 Å². The van der Waals surface area contributed by atoms with Gasteiger partial charge in [0.05, 0.1) is 0 Å². The Bertz CT molecular complexity index is 432. The highest BCUT2D eigenvalue weighted by Crippen LogP contribution is 2.10. The number of hydrogen-bond donors (Lipinski definition) is 0. The Hall–Kier alpha value is -1.35. The highest BCUT2D eigenvalue weighted by molar-refractivity contribution is 6.30. The predicted molar refractivity (Wildman–Crippen MR) is 74.4 cm³/mol. The Morgan fingerprint density at radius 3 is 2.39 bits per heavy atom. The summed E-state index contributed by atoms with van der Waals surface area (Å²) in [5, 5.41) is 0.673. The Kier molecular flexibility index (Phi) is 4.91. The van der Waals surface area contributed by atoms with Crippen molar-refractivity contribution in [3.05, 3.63) is 34.9 Å². The van der Waals surface area contributed by atoms with Crippen molar-refractivity contribution in [1.82, 2.24) is 0 Å². The summed E-state index contributed by atoms with van der Waals surface area (Å²) in [5.41, 5.74) is 0.413. The van der Waals surface area contributed by atoms with Crippen LogP contribution in [0.25, 0.3) is 0 Å². The molecule has 0 bridgehead atoms. The molecule has 3 nitrogen and oxygen atoms in total. The van der Waals surface area contributed by atoms with Gasteiger partial charge in [-0.1, -0.05) is 23.7 Å². The van der Waals surface area contributed by atoms with Crippen LogP contribution in [0.5, 0.6) is 0 Å². The minimum absolute atomic E-state index is 0.326. The van der Waals surface area contributed by atoms with E-state index in [2.05, 4.69) is 4.99 Å². The number of esters is 1. The summed E-state index contributed by atoms with van der Waals surface area (Å²) in [4.78, 5) is 15.8. The van der Waals surface area contributed by atoms with Crippen LogP contribution >= 0.6 is 11.6 Å². The molecular formula is C14H18ClNO2. The van der Waals surface area contributed by atoms with Crippen LogP contribution in [0.3, 0.4) is 0 Å². The first kappa shape index (κ1) is 14.7. The molecule has 0 aliphatic heterocycles. The fraction of sp³-hybridized carbons (Fsp3) is 0.429. The summed E-state index contributed by atoms with van der Waals surface area (Å²) in [6.07, 6.45) is 1.64. The molecular weight excluding hydrogens is 250 g/mol. The van der Waals surface area contributed by atoms with Crippen molar-refractivity contribution in [3.63, 3.8) is 0 Å². The van der Waals surface area contributed by atoms with Gasteiger partial charge in [0.25, 0.3) is 0 Å². The van der Waals surface area contributed by atoms with Crippen molar-refractivity contribution in [1.29, 1.82) is 0 Å². The number of rotatable bonds is 3. The third-order valence-corrected chi connectivity index (χ3v) is 2.32. The smallest absolute Gasteiger partial charge is 0.331 e. The van der Waals surface area contributed by atoms with Crippen LogP contribution in [-0.4, -0.2) is 23.8 Å². The summed E-state index contributed by atoms with van der Waals surface area (Å²) in [6.45, 7) is 7.21. The van der Waals surface area contributed by atoms with Gasteiger partial charge in [0.1, 0.15) is 11.6 Å². The van der Waals surface area contributed by atoms with Gasteiger partial charge in [-0.3, -0.25) is 4.99 Å². The Morgan fingerprint density at radius 1 is 1.33 bits per heavy atom. The van der Waals surface area contributed by atoms with Crippen molar-refractivity contribution in [2.75, 3.05) is 0 Å². The molecule has 0 heterocycles. The zero-order valence-electron chi connectivity index (χ0n) is 11.1. The molecule has 0 fully saturated rings. The standard InChI is InChI=1S/C14H18ClNO2/c1-10(13(17)18-14(2,3)4)16-9-11-5-7-12(15)8-6-11/h5-10H,1-4H3/t10-/m0/s1. The molecule has 4 heteroatoms. The van der Waals surface area contributed by atoms with Crippen LogP contribution in [-0.2, 0) is 9.53 Å². The molecule has 1 atom stereocenters. The largest absolute Gasteiger partial charge is 0.458 e. The van der Waals surface area contributed by atoms with Gasteiger partial charge in [0.15, 0.2) is 0 Å². The molecule has 1 aromatic carbocycles. The molecule has 0 aliphatic rings. The first-order valence-electron chi connectivity index (χ1n) is 5.79. The van der Waals surface area contributed by atoms with E-state index in [4.69, 9.17) is 16.3 Å². The maximum Gasteiger partial charge on any atom is 0.331 e. The third-order valence-electron chi connectivity index (χ3n) is 2.07. The van der Waals surface area contributed by atoms with Crippen LogP contribution in [0.1, 0.15) is 33.3 Å². The van der Waals surface area contributed by atoms with Crippen LogP contribution < -0.4 is 0 Å². The number of aliphatic imine (C=N–C) groups is 1. The SMILES string of the molecule is C[C@H](N=Cc1ccc(Cl)cc1)C(=O)OC(C)(C)C. The fourth-order valence-corrected chi connectivity index (χ4v) is 1.32. The van der Waals surface area contributed by atoms with Gasteiger partial charge in [-0.15, -0.1) is 0 Å². The highest BCUT2D eigenvalue weighted by Gasteiger charge is 2.20. The van der Waals surface area contributed by atoms with E-state index in [-0.39, 0.29) is 5.97 Å². The predicted octanol–water partition coefficient (Wildman–Crippen LogP) is 3.49. The van der Waals surface area contributed by atoms with Gasteiger partial charge in [-0.05, 0) is 45.4 Å². The Labute approximate surface area is 113 Å². The monoisotopic (exact) mass is 267 g/mol. The van der Waals surface area contributed by atoms with Gasteiger partial charge in [0.2, 0.25) is 0 Å². The molecule has 0 saturated carbocycles. The van der Waals surface area contributed by atoms with Crippen molar-refractivity contribution in [2.24, 2.45) is 4.99 Å². The third kappa shape index (κ3) is 5.32. The second-order valence-corrected chi connectivity index (χ2v) is 5.48. The van der Waals surface area contributed by atoms with Crippen molar-refractivity contribution in [2.45, 2.75) is 39.3 Å². The molecule has 0 aromatic heterocycles. The van der Waals surface area contributed by atoms with E-state index < -0.39 is 11.6 Å². The summed E-state index contributed by atoms with van der Waals surface area (Å²) in [5.74, 6) is -0.326. The van der Waals surface area contributed by atoms with E-state index in [1.54, 1.807) is 25.3 Å². The lowest BCUT2D eigenvalue weighted by Gasteiger charge is -2.20. The number of benzene rings is 1. The van der Waals surface area contributed by atoms with Gasteiger partial charge < -0.3 is 4.74 Å². The van der Waals surface area contributed by atoms with E-state index in [1.165, 1.54) is 0 Å². The molecule has 0 amide bonds. The number of halogens is 1. The van der Waals surface area contributed by atoms with Crippen LogP contribution in [0, 0.1) is 0 Å². The molecule has 0 N–H and O–H groups in total. The molecule has 0 radical (unpaired) electrons. The average molecular weight is 268 g/mol. The quantitative estimate of drug-likeness (QED) is 0.621. The normalized spacial score (nSPS) is 13.6. The lowest BCUT2D eigenvalue weighted by atomic mass is 10.2. The van der Waals surface area contributed by atoms with Crippen LogP contribution in [0.2, 0.25) is 5.02 Å². The van der Waals surface area contributed by atoms with E-state index in [0.29, 0.717) is 5.02 Å². The number of ether oxygens (including phenoxy) is 1. The minimum atomic E-state index is -0.514. The molecule has 18 heavy (non-hydrogen) atoms. The van der Waals surface area contributed by atoms with E-state index >= 15 is 0 Å². The van der Waals surface area contributed by atoms with E-state index in [9.17, 15) is 4.79 Å². The second kappa shape index (κ2) is 6.01. The lowest BCUT2D eigenvalue weighted by molar-refractivity contribution is -0.155. The Morgan fingerprint density at radius 2 is 1.89 bits per heavy atom. The molecule has 1 rings (SSSR count). The number of carbonyl (C=O) groups is 1. The number of nitrogens with zero attached hydrogens (tertiary/aromatic N) is 1. The average Bonchev–Trinajstić information content (AvgIpc) is 2.25. The topological polar surface area (TPSA) is 38.7 Å². The highest BCUT2D eigenvalue weighted by atomic mass is 35.5. The minimum Gasteiger partial charge on any atom is -0.458 e. The zero-order valence-corrected chi connectivity index (χ0v) is 11.9. The summed E-state index contributed by atoms with van der Waals surface area (Å²) in [6, 6.07) is 6.73. The van der Waals surface area contributed by atoms with E-state index in [1.807, 2.05) is 32.9 Å². The van der Waals surface area contributed by atoms with Gasteiger partial charge in [-0.2, -0.15) is 0 Å². The molecule has 98 valence electrons. The summed E-state index contributed by atoms with van der Waals surface area (Å²) in [7, 11) is 0. The maximum atomic E-state index is 11.7. The first-order valence-corrected chi connectivity index (χ1v) is 6.17. The van der Waals surface area contributed by atoms with Crippen molar-refractivity contribution < 1.29 is 9.53 Å². The van der Waals surface area contributed by atoms with Gasteiger partial charge in [0, 0.05) is 11.2 Å². The zero-order chi connectivity index (χ0) is 13.8. The molecule has 0 aliphatic carbocycles.